The largest absolute Gasteiger partial charge is 0.392 e. The molecule has 1 fully saturated rings. The van der Waals surface area contributed by atoms with Crippen molar-refractivity contribution in [1.29, 1.82) is 0 Å². The van der Waals surface area contributed by atoms with Gasteiger partial charge in [0.05, 0.1) is 11.6 Å². The number of nitrogens with zero attached hydrogens (tertiary/aromatic N) is 1. The summed E-state index contributed by atoms with van der Waals surface area (Å²) in [6.07, 6.45) is 5.01. The quantitative estimate of drug-likeness (QED) is 0.695. The third-order valence-electron chi connectivity index (χ3n) is 2.30. The van der Waals surface area contributed by atoms with Crippen LogP contribution in [0.2, 0.25) is 0 Å². The number of hydrogen-bond donors (Lipinski definition) is 1. The molecule has 0 saturated heterocycles. The van der Waals surface area contributed by atoms with Gasteiger partial charge in [-0.05, 0) is 12.8 Å². The smallest absolute Gasteiger partial charge is 0.0794 e. The zero-order chi connectivity index (χ0) is 7.68. The monoisotopic (exact) mass is 169 g/mol. The molecule has 1 heterocycles. The maximum Gasteiger partial charge on any atom is 0.0794 e. The van der Waals surface area contributed by atoms with E-state index < -0.39 is 0 Å². The van der Waals surface area contributed by atoms with E-state index >= 15 is 0 Å². The first-order valence-corrected chi connectivity index (χ1v) is 4.82. The van der Waals surface area contributed by atoms with Crippen LogP contribution in [0.3, 0.4) is 0 Å². The molecule has 1 aromatic heterocycles. The Morgan fingerprint density at radius 3 is 3.00 bits per heavy atom. The molecule has 2 atom stereocenters. The molecular weight excluding hydrogens is 158 g/mol. The van der Waals surface area contributed by atoms with Crippen molar-refractivity contribution in [1.82, 2.24) is 4.98 Å². The van der Waals surface area contributed by atoms with Gasteiger partial charge in [-0.2, -0.15) is 0 Å². The van der Waals surface area contributed by atoms with E-state index in [1.165, 1.54) is 4.88 Å². The molecule has 1 aliphatic carbocycles. The van der Waals surface area contributed by atoms with Crippen molar-refractivity contribution in [2.45, 2.75) is 31.3 Å². The first-order valence-electron chi connectivity index (χ1n) is 3.94. The molecule has 0 amide bonds. The third-order valence-corrected chi connectivity index (χ3v) is 3.20. The van der Waals surface area contributed by atoms with Crippen molar-refractivity contribution in [2.75, 3.05) is 0 Å². The van der Waals surface area contributed by atoms with Crippen LogP contribution in [0.4, 0.5) is 0 Å². The molecule has 1 aliphatic rings. The highest BCUT2D eigenvalue weighted by Crippen LogP contribution is 2.35. The van der Waals surface area contributed by atoms with Gasteiger partial charge in [-0.3, -0.25) is 4.98 Å². The Morgan fingerprint density at radius 2 is 2.45 bits per heavy atom. The molecule has 2 nitrogen and oxygen atoms in total. The Kier molecular flexibility index (Phi) is 1.92. The molecular formula is C8H11NOS. The predicted molar refractivity (Wildman–Crippen MR) is 44.7 cm³/mol. The van der Waals surface area contributed by atoms with Gasteiger partial charge in [0.25, 0.3) is 0 Å². The normalized spacial score (nSPS) is 31.0. The summed E-state index contributed by atoms with van der Waals surface area (Å²) in [6.45, 7) is 0. The predicted octanol–water partition coefficient (Wildman–Crippen LogP) is 1.77. The second-order valence-corrected chi connectivity index (χ2v) is 3.93. The van der Waals surface area contributed by atoms with E-state index in [0.717, 1.165) is 19.3 Å². The lowest BCUT2D eigenvalue weighted by atomic mass is 10.1. The summed E-state index contributed by atoms with van der Waals surface area (Å²) in [6, 6.07) is 0. The minimum atomic E-state index is -0.115. The molecule has 3 heteroatoms. The van der Waals surface area contributed by atoms with E-state index in [1.807, 2.05) is 11.7 Å². The van der Waals surface area contributed by atoms with Gasteiger partial charge in [0.2, 0.25) is 0 Å². The highest BCUT2D eigenvalue weighted by molar-refractivity contribution is 7.09. The number of aliphatic hydroxyl groups excluding tert-OH is 1. The first-order chi connectivity index (χ1) is 5.38. The fourth-order valence-corrected chi connectivity index (χ4v) is 2.50. The van der Waals surface area contributed by atoms with E-state index in [0.29, 0.717) is 5.92 Å². The van der Waals surface area contributed by atoms with Crippen molar-refractivity contribution >= 4 is 11.3 Å². The molecule has 0 spiro atoms. The van der Waals surface area contributed by atoms with Gasteiger partial charge in [-0.1, -0.05) is 6.42 Å². The van der Waals surface area contributed by atoms with Crippen LogP contribution in [-0.2, 0) is 0 Å². The second-order valence-electron chi connectivity index (χ2n) is 3.01. The summed E-state index contributed by atoms with van der Waals surface area (Å²) < 4.78 is 0. The van der Waals surface area contributed by atoms with Gasteiger partial charge in [-0.15, -0.1) is 11.3 Å². The van der Waals surface area contributed by atoms with Gasteiger partial charge < -0.3 is 5.11 Å². The van der Waals surface area contributed by atoms with Crippen molar-refractivity contribution in [3.8, 4) is 0 Å². The topological polar surface area (TPSA) is 33.1 Å². The third kappa shape index (κ3) is 1.30. The molecule has 0 aromatic carbocycles. The minimum absolute atomic E-state index is 0.115. The van der Waals surface area contributed by atoms with Crippen LogP contribution in [0.5, 0.6) is 0 Å². The van der Waals surface area contributed by atoms with E-state index in [1.54, 1.807) is 11.3 Å². The van der Waals surface area contributed by atoms with Crippen molar-refractivity contribution in [2.24, 2.45) is 0 Å². The van der Waals surface area contributed by atoms with Gasteiger partial charge in [-0.25, -0.2) is 0 Å². The molecule has 1 aromatic rings. The van der Waals surface area contributed by atoms with Crippen molar-refractivity contribution in [3.63, 3.8) is 0 Å². The van der Waals surface area contributed by atoms with Gasteiger partial charge >= 0.3 is 0 Å². The summed E-state index contributed by atoms with van der Waals surface area (Å²) in [5.74, 6) is 0.377. The van der Waals surface area contributed by atoms with E-state index in [2.05, 4.69) is 4.98 Å². The maximum absolute atomic E-state index is 9.54. The van der Waals surface area contributed by atoms with Gasteiger partial charge in [0.1, 0.15) is 0 Å². The first kappa shape index (κ1) is 7.25. The van der Waals surface area contributed by atoms with Crippen LogP contribution < -0.4 is 0 Å². The summed E-state index contributed by atoms with van der Waals surface area (Å²) in [5.41, 5.74) is 1.83. The van der Waals surface area contributed by atoms with Crippen LogP contribution in [0.15, 0.2) is 11.7 Å². The molecule has 1 saturated carbocycles. The number of hydrogen-bond acceptors (Lipinski definition) is 3. The lowest BCUT2D eigenvalue weighted by molar-refractivity contribution is 0.165. The maximum atomic E-state index is 9.54. The number of rotatable bonds is 1. The average molecular weight is 169 g/mol. The fraction of sp³-hybridized carbons (Fsp3) is 0.625. The molecule has 2 rings (SSSR count). The summed E-state index contributed by atoms with van der Waals surface area (Å²) in [7, 11) is 0. The average Bonchev–Trinajstić information content (AvgIpc) is 2.55. The lowest BCUT2D eigenvalue weighted by Crippen LogP contribution is -2.09. The van der Waals surface area contributed by atoms with Gasteiger partial charge in [0, 0.05) is 17.0 Å². The Hall–Kier alpha value is -0.410. The van der Waals surface area contributed by atoms with Crippen LogP contribution in [-0.4, -0.2) is 16.2 Å². The van der Waals surface area contributed by atoms with Crippen LogP contribution in [0, 0.1) is 0 Å². The van der Waals surface area contributed by atoms with E-state index in [9.17, 15) is 5.11 Å². The molecule has 0 bridgehead atoms. The molecule has 0 aliphatic heterocycles. The number of aromatic nitrogens is 1. The molecule has 1 N–H and O–H groups in total. The molecule has 0 unspecified atom stereocenters. The summed E-state index contributed by atoms with van der Waals surface area (Å²) >= 11 is 1.65. The van der Waals surface area contributed by atoms with Crippen LogP contribution >= 0.6 is 11.3 Å². The van der Waals surface area contributed by atoms with Crippen LogP contribution in [0.25, 0.3) is 0 Å². The zero-order valence-electron chi connectivity index (χ0n) is 6.23. The Morgan fingerprint density at radius 1 is 1.55 bits per heavy atom. The van der Waals surface area contributed by atoms with Crippen molar-refractivity contribution < 1.29 is 5.11 Å². The Labute approximate surface area is 69.9 Å². The van der Waals surface area contributed by atoms with Crippen molar-refractivity contribution in [3.05, 3.63) is 16.6 Å². The highest BCUT2D eigenvalue weighted by atomic mass is 32.1. The fourth-order valence-electron chi connectivity index (χ4n) is 1.68. The Bertz CT molecular complexity index is 222. The SMILES string of the molecule is O[C@@H]1CCC[C@H]1c1cncs1. The second kappa shape index (κ2) is 2.91. The molecule has 0 radical (unpaired) electrons. The zero-order valence-corrected chi connectivity index (χ0v) is 7.05. The van der Waals surface area contributed by atoms with E-state index in [-0.39, 0.29) is 6.10 Å². The standard InChI is InChI=1S/C8H11NOS/c10-7-3-1-2-6(7)8-4-9-5-11-8/h4-7,10H,1-3H2/t6-,7-/m1/s1. The lowest BCUT2D eigenvalue weighted by Gasteiger charge is -2.10. The summed E-state index contributed by atoms with van der Waals surface area (Å²) in [5, 5.41) is 9.54. The minimum Gasteiger partial charge on any atom is -0.392 e. The highest BCUT2D eigenvalue weighted by Gasteiger charge is 2.27. The van der Waals surface area contributed by atoms with E-state index in [4.69, 9.17) is 0 Å². The van der Waals surface area contributed by atoms with Gasteiger partial charge in [0.15, 0.2) is 0 Å². The molecule has 11 heavy (non-hydrogen) atoms. The number of aliphatic hydroxyl groups is 1. The summed E-state index contributed by atoms with van der Waals surface area (Å²) in [4.78, 5) is 5.25. The van der Waals surface area contributed by atoms with Crippen LogP contribution in [0.1, 0.15) is 30.1 Å². The molecule has 60 valence electrons. The Balaban J connectivity index is 2.16. The number of thiazole rings is 1.